The third kappa shape index (κ3) is 2.14. The second-order valence-corrected chi connectivity index (χ2v) is 4.85. The third-order valence-electron chi connectivity index (χ3n) is 3.34. The van der Waals surface area contributed by atoms with Crippen molar-refractivity contribution in [1.82, 2.24) is 15.2 Å². The van der Waals surface area contributed by atoms with Crippen LogP contribution in [0.4, 0.5) is 0 Å². The molecule has 0 N–H and O–H groups in total. The van der Waals surface area contributed by atoms with Gasteiger partial charge in [-0.2, -0.15) is 0 Å². The van der Waals surface area contributed by atoms with Crippen LogP contribution < -0.4 is 0 Å². The smallest absolute Gasteiger partial charge is 0.276 e. The Hall–Kier alpha value is -2.11. The Balaban J connectivity index is 1.85. The molecule has 1 atom stereocenters. The van der Waals surface area contributed by atoms with Gasteiger partial charge in [-0.05, 0) is 26.7 Å². The van der Waals surface area contributed by atoms with Gasteiger partial charge in [0.2, 0.25) is 0 Å². The molecule has 2 aromatic heterocycles. The van der Waals surface area contributed by atoms with E-state index in [1.165, 1.54) is 0 Å². The highest BCUT2D eigenvalue weighted by atomic mass is 16.5. The number of carbonyl (C=O) groups excluding carboxylic acids is 1. The number of hydrogen-bond acceptors (Lipinski definition) is 5. The van der Waals surface area contributed by atoms with Crippen molar-refractivity contribution in [2.45, 2.75) is 32.7 Å². The van der Waals surface area contributed by atoms with Gasteiger partial charge in [0.05, 0.1) is 11.7 Å². The molecule has 0 saturated carbocycles. The van der Waals surface area contributed by atoms with Crippen LogP contribution in [0.25, 0.3) is 0 Å². The maximum absolute atomic E-state index is 12.4. The molecular weight excluding hydrogens is 246 g/mol. The summed E-state index contributed by atoms with van der Waals surface area (Å²) >= 11 is 0. The van der Waals surface area contributed by atoms with Crippen LogP contribution >= 0.6 is 0 Å². The van der Waals surface area contributed by atoms with Crippen molar-refractivity contribution in [3.8, 4) is 0 Å². The van der Waals surface area contributed by atoms with Crippen LogP contribution in [0.2, 0.25) is 0 Å². The minimum atomic E-state index is -0.117. The number of likely N-dealkylation sites (tertiary alicyclic amines) is 1. The summed E-state index contributed by atoms with van der Waals surface area (Å²) in [6, 6.07) is 3.49. The lowest BCUT2D eigenvalue weighted by atomic mass is 10.1. The minimum Gasteiger partial charge on any atom is -0.361 e. The van der Waals surface area contributed by atoms with Gasteiger partial charge in [0.15, 0.2) is 11.5 Å². The number of amides is 1. The molecule has 0 aromatic carbocycles. The lowest BCUT2D eigenvalue weighted by Gasteiger charge is -2.21. The van der Waals surface area contributed by atoms with Crippen LogP contribution in [0.1, 0.15) is 46.6 Å². The van der Waals surface area contributed by atoms with Gasteiger partial charge in [-0.15, -0.1) is 0 Å². The molecule has 1 amide bonds. The van der Waals surface area contributed by atoms with Crippen LogP contribution in [0.15, 0.2) is 21.2 Å². The molecule has 1 aliphatic rings. The molecule has 2 aromatic rings. The first-order valence-corrected chi connectivity index (χ1v) is 6.32. The fourth-order valence-electron chi connectivity index (χ4n) is 2.46. The van der Waals surface area contributed by atoms with Crippen molar-refractivity contribution in [3.63, 3.8) is 0 Å². The summed E-state index contributed by atoms with van der Waals surface area (Å²) < 4.78 is 10.2. The zero-order valence-corrected chi connectivity index (χ0v) is 10.9. The van der Waals surface area contributed by atoms with Gasteiger partial charge in [-0.25, -0.2) is 0 Å². The predicted octanol–water partition coefficient (Wildman–Crippen LogP) is 2.26. The van der Waals surface area contributed by atoms with E-state index < -0.39 is 0 Å². The van der Waals surface area contributed by atoms with Crippen LogP contribution in [-0.2, 0) is 0 Å². The van der Waals surface area contributed by atoms with Crippen molar-refractivity contribution < 1.29 is 13.8 Å². The van der Waals surface area contributed by atoms with Crippen molar-refractivity contribution in [1.29, 1.82) is 0 Å². The third-order valence-corrected chi connectivity index (χ3v) is 3.34. The molecular formula is C13H15N3O3. The number of aromatic nitrogens is 2. The molecule has 1 saturated heterocycles. The Morgan fingerprint density at radius 2 is 2.16 bits per heavy atom. The van der Waals surface area contributed by atoms with Crippen LogP contribution in [0.3, 0.4) is 0 Å². The highest BCUT2D eigenvalue weighted by Crippen LogP contribution is 2.33. The van der Waals surface area contributed by atoms with Gasteiger partial charge in [-0.1, -0.05) is 10.3 Å². The van der Waals surface area contributed by atoms with Gasteiger partial charge >= 0.3 is 0 Å². The monoisotopic (exact) mass is 261 g/mol. The van der Waals surface area contributed by atoms with Gasteiger partial charge in [0.1, 0.15) is 5.76 Å². The van der Waals surface area contributed by atoms with E-state index in [9.17, 15) is 4.79 Å². The molecule has 6 heteroatoms. The number of hydrogen-bond donors (Lipinski definition) is 0. The zero-order valence-electron chi connectivity index (χ0n) is 10.9. The van der Waals surface area contributed by atoms with Crippen molar-refractivity contribution >= 4 is 5.91 Å². The minimum absolute atomic E-state index is 0.0503. The first-order valence-electron chi connectivity index (χ1n) is 6.32. The lowest BCUT2D eigenvalue weighted by molar-refractivity contribution is 0.0704. The van der Waals surface area contributed by atoms with E-state index in [2.05, 4.69) is 10.3 Å². The van der Waals surface area contributed by atoms with Crippen molar-refractivity contribution in [2.75, 3.05) is 6.54 Å². The number of rotatable bonds is 2. The molecule has 0 spiro atoms. The van der Waals surface area contributed by atoms with E-state index in [0.29, 0.717) is 18.0 Å². The molecule has 100 valence electrons. The summed E-state index contributed by atoms with van der Waals surface area (Å²) in [5.74, 6) is 1.26. The van der Waals surface area contributed by atoms with Gasteiger partial charge in [0, 0.05) is 18.7 Å². The zero-order chi connectivity index (χ0) is 13.4. The summed E-state index contributed by atoms with van der Waals surface area (Å²) in [6.07, 6.45) is 1.84. The molecule has 1 fully saturated rings. The molecule has 19 heavy (non-hydrogen) atoms. The Labute approximate surface area is 110 Å². The normalized spacial score (nSPS) is 19.1. The van der Waals surface area contributed by atoms with Gasteiger partial charge in [0.25, 0.3) is 5.91 Å². The second kappa shape index (κ2) is 4.53. The van der Waals surface area contributed by atoms with E-state index in [-0.39, 0.29) is 11.9 Å². The van der Waals surface area contributed by atoms with Crippen LogP contribution in [0.5, 0.6) is 0 Å². The fraction of sp³-hybridized carbons (Fsp3) is 0.462. The molecule has 0 bridgehead atoms. The maximum atomic E-state index is 12.4. The van der Waals surface area contributed by atoms with Crippen LogP contribution in [0, 0.1) is 13.8 Å². The first-order chi connectivity index (χ1) is 9.15. The summed E-state index contributed by atoms with van der Waals surface area (Å²) in [5.41, 5.74) is 1.17. The lowest BCUT2D eigenvalue weighted by Crippen LogP contribution is -2.30. The highest BCUT2D eigenvalue weighted by molar-refractivity contribution is 5.92. The quantitative estimate of drug-likeness (QED) is 0.829. The Morgan fingerprint density at radius 1 is 1.32 bits per heavy atom. The summed E-state index contributed by atoms with van der Waals surface area (Å²) in [5, 5.41) is 7.67. The number of aryl methyl sites for hydroxylation is 2. The van der Waals surface area contributed by atoms with Gasteiger partial charge < -0.3 is 13.9 Å². The second-order valence-electron chi connectivity index (χ2n) is 4.85. The number of carbonyl (C=O) groups is 1. The summed E-state index contributed by atoms with van der Waals surface area (Å²) in [7, 11) is 0. The van der Waals surface area contributed by atoms with Gasteiger partial charge in [-0.3, -0.25) is 4.79 Å². The average molecular weight is 261 g/mol. The Morgan fingerprint density at radius 3 is 2.79 bits per heavy atom. The predicted molar refractivity (Wildman–Crippen MR) is 65.5 cm³/mol. The van der Waals surface area contributed by atoms with Crippen LogP contribution in [-0.4, -0.2) is 27.7 Å². The van der Waals surface area contributed by atoms with E-state index in [1.807, 2.05) is 13.0 Å². The topological polar surface area (TPSA) is 72.4 Å². The molecule has 0 aliphatic carbocycles. The molecule has 0 unspecified atom stereocenters. The van der Waals surface area contributed by atoms with Crippen molar-refractivity contribution in [3.05, 3.63) is 35.0 Å². The first kappa shape index (κ1) is 12.0. The SMILES string of the molecule is Cc1cc([C@@H]2CCCN2C(=O)c2cc(C)on2)on1. The number of nitrogens with zero attached hydrogens (tertiary/aromatic N) is 3. The molecule has 0 radical (unpaired) electrons. The summed E-state index contributed by atoms with van der Waals surface area (Å²) in [6.45, 7) is 4.34. The maximum Gasteiger partial charge on any atom is 0.276 e. The molecule has 3 rings (SSSR count). The Kier molecular flexibility index (Phi) is 2.85. The van der Waals surface area contributed by atoms with E-state index >= 15 is 0 Å². The van der Waals surface area contributed by atoms with E-state index in [4.69, 9.17) is 9.05 Å². The average Bonchev–Trinajstić information content (AvgIpc) is 3.07. The summed E-state index contributed by atoms with van der Waals surface area (Å²) in [4.78, 5) is 14.2. The highest BCUT2D eigenvalue weighted by Gasteiger charge is 2.34. The van der Waals surface area contributed by atoms with E-state index in [0.717, 1.165) is 24.3 Å². The standard InChI is InChI=1S/C13H15N3O3/c1-8-6-12(19-14-8)11-4-3-5-16(11)13(17)10-7-9(2)18-15-10/h6-7,11H,3-5H2,1-2H3/t11-/m0/s1. The molecule has 3 heterocycles. The van der Waals surface area contributed by atoms with Crippen molar-refractivity contribution in [2.24, 2.45) is 0 Å². The molecule has 1 aliphatic heterocycles. The Bertz CT molecular complexity index is 602. The fourth-order valence-corrected chi connectivity index (χ4v) is 2.46. The molecule has 6 nitrogen and oxygen atoms in total. The van der Waals surface area contributed by atoms with E-state index in [1.54, 1.807) is 17.9 Å². The largest absolute Gasteiger partial charge is 0.361 e.